The van der Waals surface area contributed by atoms with E-state index in [1.54, 1.807) is 19.1 Å². The predicted molar refractivity (Wildman–Crippen MR) is 98.1 cm³/mol. The summed E-state index contributed by atoms with van der Waals surface area (Å²) in [4.78, 5) is 2.01. The van der Waals surface area contributed by atoms with Gasteiger partial charge in [-0.25, -0.2) is 13.1 Å². The predicted octanol–water partition coefficient (Wildman–Crippen LogP) is 3.12. The van der Waals surface area contributed by atoms with Crippen LogP contribution in [0.5, 0.6) is 0 Å². The first-order chi connectivity index (χ1) is 13.1. The largest absolute Gasteiger partial charge is 0.435 e. The molecule has 1 unspecified atom stereocenters. The number of aromatic nitrogens is 2. The van der Waals surface area contributed by atoms with E-state index in [0.717, 1.165) is 31.0 Å². The third-order valence-corrected chi connectivity index (χ3v) is 6.29. The summed E-state index contributed by atoms with van der Waals surface area (Å²) < 4.78 is 67.7. The Morgan fingerprint density at radius 1 is 1.14 bits per heavy atom. The van der Waals surface area contributed by atoms with Crippen molar-refractivity contribution in [2.24, 2.45) is 4.40 Å². The lowest BCUT2D eigenvalue weighted by Crippen LogP contribution is -2.46. The van der Waals surface area contributed by atoms with Crippen molar-refractivity contribution in [1.29, 1.82) is 0 Å². The molecule has 2 aliphatic heterocycles. The van der Waals surface area contributed by atoms with Crippen molar-refractivity contribution in [2.45, 2.75) is 31.9 Å². The highest BCUT2D eigenvalue weighted by Crippen LogP contribution is 2.33. The molecule has 150 valence electrons. The Bertz CT molecular complexity index is 1030. The first-order valence-electron chi connectivity index (χ1n) is 8.96. The molecule has 1 saturated heterocycles. The molecule has 0 bridgehead atoms. The minimum atomic E-state index is -4.49. The lowest BCUT2D eigenvalue weighted by molar-refractivity contribution is -0.141. The van der Waals surface area contributed by atoms with Gasteiger partial charge in [-0.1, -0.05) is 12.1 Å². The van der Waals surface area contributed by atoms with Gasteiger partial charge in [0.25, 0.3) is 10.0 Å². The summed E-state index contributed by atoms with van der Waals surface area (Å²) in [7, 11) is -3.44. The number of aryl methyl sites for hydroxylation is 1. The van der Waals surface area contributed by atoms with E-state index in [1.165, 1.54) is 4.68 Å². The molecule has 10 heteroatoms. The third kappa shape index (κ3) is 3.52. The molecule has 1 fully saturated rings. The second-order valence-electron chi connectivity index (χ2n) is 7.09. The van der Waals surface area contributed by atoms with E-state index in [9.17, 15) is 21.6 Å². The molecule has 1 atom stereocenters. The molecule has 2 aliphatic rings. The van der Waals surface area contributed by atoms with Gasteiger partial charge in [0, 0.05) is 24.7 Å². The topological polar surface area (TPSA) is 67.6 Å². The zero-order valence-corrected chi connectivity index (χ0v) is 16.0. The zero-order valence-electron chi connectivity index (χ0n) is 15.1. The Balaban J connectivity index is 1.65. The standard InChI is InChI=1S/C18H19F3N4O2S/c1-12-11-16(18(19,20)21)22-25(12)14-6-4-13(5-7-14)15-3-2-8-24-9-10-28(26,27)23-17(15)24/h4-7,11,15H,2-3,8-10H2,1H3. The number of hydrogen-bond donors (Lipinski definition) is 0. The number of alkyl halides is 3. The van der Waals surface area contributed by atoms with Gasteiger partial charge in [0.1, 0.15) is 5.84 Å². The SMILES string of the molecule is Cc1cc(C(F)(F)F)nn1-c1ccc(C2CCCN3CCS(=O)(=O)N=C23)cc1. The monoisotopic (exact) mass is 412 g/mol. The van der Waals surface area contributed by atoms with E-state index in [-0.39, 0.29) is 11.7 Å². The minimum absolute atomic E-state index is 0.0300. The first kappa shape index (κ1) is 19.0. The molecule has 0 amide bonds. The van der Waals surface area contributed by atoms with Crippen molar-refractivity contribution < 1.29 is 21.6 Å². The van der Waals surface area contributed by atoms with Gasteiger partial charge in [-0.15, -0.1) is 4.40 Å². The summed E-state index contributed by atoms with van der Waals surface area (Å²) >= 11 is 0. The molecular formula is C18H19F3N4O2S. The Hall–Kier alpha value is -2.36. The maximum absolute atomic E-state index is 12.9. The summed E-state index contributed by atoms with van der Waals surface area (Å²) in [6.07, 6.45) is -2.78. The van der Waals surface area contributed by atoms with Crippen molar-refractivity contribution >= 4 is 15.9 Å². The minimum Gasteiger partial charge on any atom is -0.358 e. The fraction of sp³-hybridized carbons (Fsp3) is 0.444. The van der Waals surface area contributed by atoms with Crippen LogP contribution in [-0.2, 0) is 16.2 Å². The van der Waals surface area contributed by atoms with E-state index in [2.05, 4.69) is 9.50 Å². The Morgan fingerprint density at radius 3 is 2.50 bits per heavy atom. The van der Waals surface area contributed by atoms with E-state index >= 15 is 0 Å². The molecule has 3 heterocycles. The summed E-state index contributed by atoms with van der Waals surface area (Å²) in [5.74, 6) is 0.463. The van der Waals surface area contributed by atoms with Crippen LogP contribution in [0.1, 0.15) is 35.7 Å². The van der Waals surface area contributed by atoms with Gasteiger partial charge in [0.05, 0.1) is 11.4 Å². The highest BCUT2D eigenvalue weighted by atomic mass is 32.2. The maximum Gasteiger partial charge on any atom is 0.435 e. The van der Waals surface area contributed by atoms with Crippen LogP contribution in [0.15, 0.2) is 34.7 Å². The van der Waals surface area contributed by atoms with Gasteiger partial charge in [-0.3, -0.25) is 0 Å². The summed E-state index contributed by atoms with van der Waals surface area (Å²) in [5.41, 5.74) is 0.859. The fourth-order valence-corrected chi connectivity index (χ4v) is 4.82. The van der Waals surface area contributed by atoms with Crippen molar-refractivity contribution in [3.63, 3.8) is 0 Å². The Kier molecular flexibility index (Phi) is 4.48. The van der Waals surface area contributed by atoms with Gasteiger partial charge >= 0.3 is 6.18 Å². The molecule has 4 rings (SSSR count). The molecule has 1 aromatic carbocycles. The van der Waals surface area contributed by atoms with Crippen LogP contribution in [0.2, 0.25) is 0 Å². The van der Waals surface area contributed by atoms with Crippen LogP contribution >= 0.6 is 0 Å². The number of hydrogen-bond acceptors (Lipinski definition) is 4. The molecule has 1 aromatic heterocycles. The van der Waals surface area contributed by atoms with E-state index in [4.69, 9.17) is 0 Å². The molecule has 28 heavy (non-hydrogen) atoms. The number of fused-ring (bicyclic) bond motifs is 1. The average molecular weight is 412 g/mol. The number of benzene rings is 1. The Labute approximate surface area is 160 Å². The van der Waals surface area contributed by atoms with Crippen molar-refractivity contribution in [2.75, 3.05) is 18.8 Å². The number of halogens is 3. The molecule has 6 nitrogen and oxygen atoms in total. The maximum atomic E-state index is 12.9. The zero-order chi connectivity index (χ0) is 20.1. The van der Waals surface area contributed by atoms with E-state index < -0.39 is 21.9 Å². The van der Waals surface area contributed by atoms with Crippen LogP contribution in [0, 0.1) is 6.92 Å². The van der Waals surface area contributed by atoms with Gasteiger partial charge in [0.15, 0.2) is 5.69 Å². The summed E-state index contributed by atoms with van der Waals surface area (Å²) in [6.45, 7) is 2.80. The van der Waals surface area contributed by atoms with Gasteiger partial charge in [0.2, 0.25) is 0 Å². The molecule has 2 aromatic rings. The van der Waals surface area contributed by atoms with Gasteiger partial charge < -0.3 is 4.90 Å². The highest BCUT2D eigenvalue weighted by molar-refractivity contribution is 7.90. The van der Waals surface area contributed by atoms with Crippen molar-refractivity contribution in [3.8, 4) is 5.69 Å². The molecule has 0 radical (unpaired) electrons. The van der Waals surface area contributed by atoms with Crippen molar-refractivity contribution in [3.05, 3.63) is 47.3 Å². The van der Waals surface area contributed by atoms with Crippen LogP contribution < -0.4 is 0 Å². The smallest absolute Gasteiger partial charge is 0.358 e. The highest BCUT2D eigenvalue weighted by Gasteiger charge is 2.35. The normalized spacial score (nSPS) is 21.9. The molecule has 0 saturated carbocycles. The van der Waals surface area contributed by atoms with Crippen LogP contribution in [-0.4, -0.2) is 47.8 Å². The van der Waals surface area contributed by atoms with Crippen LogP contribution in [0.4, 0.5) is 13.2 Å². The lowest BCUT2D eigenvalue weighted by atomic mass is 9.89. The fourth-order valence-electron chi connectivity index (χ4n) is 3.75. The quantitative estimate of drug-likeness (QED) is 0.760. The van der Waals surface area contributed by atoms with Gasteiger partial charge in [-0.2, -0.15) is 18.3 Å². The molecule has 0 N–H and O–H groups in total. The number of piperidine rings is 1. The van der Waals surface area contributed by atoms with E-state index in [1.807, 2.05) is 17.0 Å². The molecule has 0 spiro atoms. The number of nitrogens with zero attached hydrogens (tertiary/aromatic N) is 4. The lowest BCUT2D eigenvalue weighted by Gasteiger charge is -2.37. The second-order valence-corrected chi connectivity index (χ2v) is 8.84. The molecule has 0 aliphatic carbocycles. The Morgan fingerprint density at radius 2 is 1.86 bits per heavy atom. The average Bonchev–Trinajstić information content (AvgIpc) is 3.03. The van der Waals surface area contributed by atoms with Crippen LogP contribution in [0.25, 0.3) is 5.69 Å². The third-order valence-electron chi connectivity index (χ3n) is 5.13. The number of amidine groups is 1. The van der Waals surface area contributed by atoms with Gasteiger partial charge in [-0.05, 0) is 43.5 Å². The second kappa shape index (κ2) is 6.61. The van der Waals surface area contributed by atoms with Crippen molar-refractivity contribution in [1.82, 2.24) is 14.7 Å². The number of rotatable bonds is 2. The van der Waals surface area contributed by atoms with E-state index in [0.29, 0.717) is 23.8 Å². The van der Waals surface area contributed by atoms with Crippen LogP contribution in [0.3, 0.4) is 0 Å². The number of sulfonamides is 1. The summed E-state index contributed by atoms with van der Waals surface area (Å²) in [6, 6.07) is 8.02. The molecular weight excluding hydrogens is 393 g/mol. The first-order valence-corrected chi connectivity index (χ1v) is 10.6. The summed E-state index contributed by atoms with van der Waals surface area (Å²) in [5, 5.41) is 3.66.